The molecule has 1 aliphatic rings. The van der Waals surface area contributed by atoms with Gasteiger partial charge >= 0.3 is 5.97 Å². The van der Waals surface area contributed by atoms with Gasteiger partial charge in [-0.3, -0.25) is 0 Å². The Labute approximate surface area is 186 Å². The summed E-state index contributed by atoms with van der Waals surface area (Å²) in [6, 6.07) is 12.4. The van der Waals surface area contributed by atoms with E-state index < -0.39 is 12.2 Å². The van der Waals surface area contributed by atoms with Crippen molar-refractivity contribution in [2.45, 2.75) is 31.1 Å². The van der Waals surface area contributed by atoms with Gasteiger partial charge in [-0.15, -0.1) is 10.2 Å². The van der Waals surface area contributed by atoms with Gasteiger partial charge in [-0.25, -0.2) is 4.79 Å². The van der Waals surface area contributed by atoms with Crippen LogP contribution in [0.15, 0.2) is 52.1 Å². The molecule has 0 spiro atoms. The molecule has 0 aliphatic carbocycles. The topological polar surface area (TPSA) is 97.2 Å². The van der Waals surface area contributed by atoms with Gasteiger partial charge < -0.3 is 15.2 Å². The average molecular weight is 487 g/mol. The van der Waals surface area contributed by atoms with Gasteiger partial charge in [0.05, 0.1) is 5.56 Å². The second-order valence-corrected chi connectivity index (χ2v) is 8.69. The minimum atomic E-state index is -0.970. The Balaban J connectivity index is 1.74. The van der Waals surface area contributed by atoms with Crippen LogP contribution in [-0.2, 0) is 0 Å². The minimum Gasteiger partial charge on any atom is -0.478 e. The van der Waals surface area contributed by atoms with E-state index in [-0.39, 0.29) is 5.56 Å². The summed E-state index contributed by atoms with van der Waals surface area (Å²) in [5, 5.41) is 21.8. The summed E-state index contributed by atoms with van der Waals surface area (Å²) >= 11 is 5.06. The zero-order valence-corrected chi connectivity index (χ0v) is 18.5. The highest BCUT2D eigenvalue weighted by Crippen LogP contribution is 2.40. The maximum absolute atomic E-state index is 11.2. The minimum absolute atomic E-state index is 0.218. The molecule has 2 aromatic carbocycles. The number of thioether (sulfide) groups is 1. The fourth-order valence-electron chi connectivity index (χ4n) is 2.99. The van der Waals surface area contributed by atoms with Crippen LogP contribution in [0.3, 0.4) is 0 Å². The van der Waals surface area contributed by atoms with Gasteiger partial charge in [-0.1, -0.05) is 53.2 Å². The van der Waals surface area contributed by atoms with Gasteiger partial charge in [-0.2, -0.15) is 4.98 Å². The van der Waals surface area contributed by atoms with E-state index in [2.05, 4.69) is 43.4 Å². The number of nitrogens with one attached hydrogen (secondary N) is 1. The molecule has 3 aromatic rings. The van der Waals surface area contributed by atoms with Crippen LogP contribution < -0.4 is 10.1 Å². The van der Waals surface area contributed by atoms with Crippen LogP contribution in [0.2, 0.25) is 0 Å². The van der Waals surface area contributed by atoms with Gasteiger partial charge in [0.15, 0.2) is 11.9 Å². The molecule has 7 nitrogen and oxygen atoms in total. The van der Waals surface area contributed by atoms with Gasteiger partial charge in [-0.05, 0) is 36.8 Å². The largest absolute Gasteiger partial charge is 0.478 e. The quantitative estimate of drug-likeness (QED) is 0.353. The molecule has 1 atom stereocenters. The summed E-state index contributed by atoms with van der Waals surface area (Å²) in [5.74, 6) is 0.334. The molecule has 0 bridgehead atoms. The lowest BCUT2D eigenvalue weighted by atomic mass is 10.1. The molecule has 0 amide bonds. The number of carboxylic acid groups (broad SMARTS) is 1. The molecule has 0 radical (unpaired) electrons. The van der Waals surface area contributed by atoms with Crippen molar-refractivity contribution < 1.29 is 14.6 Å². The number of benzene rings is 2. The molecule has 154 valence electrons. The molecule has 4 rings (SSSR count). The lowest BCUT2D eigenvalue weighted by Gasteiger charge is -2.19. The average Bonchev–Trinajstić information content (AvgIpc) is 2.90. The van der Waals surface area contributed by atoms with Gasteiger partial charge in [0, 0.05) is 27.0 Å². The van der Waals surface area contributed by atoms with Crippen LogP contribution in [0.4, 0.5) is 5.69 Å². The number of fused-ring (bicyclic) bond motifs is 3. The molecule has 2 N–H and O–H groups in total. The second kappa shape index (κ2) is 9.01. The number of aromatic nitrogens is 3. The van der Waals surface area contributed by atoms with Crippen LogP contribution in [0.5, 0.6) is 5.88 Å². The van der Waals surface area contributed by atoms with E-state index in [9.17, 15) is 4.79 Å². The lowest BCUT2D eigenvalue weighted by Crippen LogP contribution is -2.17. The van der Waals surface area contributed by atoms with Crippen LogP contribution in [0.25, 0.3) is 11.3 Å². The van der Waals surface area contributed by atoms with Gasteiger partial charge in [0.25, 0.3) is 0 Å². The molecular weight excluding hydrogens is 468 g/mol. The third kappa shape index (κ3) is 4.41. The Bertz CT molecular complexity index is 1080. The van der Waals surface area contributed by atoms with Crippen LogP contribution in [0.1, 0.15) is 41.9 Å². The summed E-state index contributed by atoms with van der Waals surface area (Å²) < 4.78 is 7.12. The number of nitrogens with zero attached hydrogens (tertiary/aromatic N) is 3. The molecule has 0 fully saturated rings. The van der Waals surface area contributed by atoms with Crippen molar-refractivity contribution in [3.63, 3.8) is 0 Å². The zero-order chi connectivity index (χ0) is 21.1. The van der Waals surface area contributed by atoms with Crippen molar-refractivity contribution in [2.75, 3.05) is 11.1 Å². The first kappa shape index (κ1) is 20.6. The van der Waals surface area contributed by atoms with E-state index in [0.717, 1.165) is 39.9 Å². The maximum Gasteiger partial charge on any atom is 0.335 e. The third-order valence-corrected chi connectivity index (χ3v) is 5.99. The SMILES string of the molecule is CCCCSc1nnc2c(n1)OC(c1ccc(C(=O)O)cc1)Nc1ccc(Br)cc1-2. The summed E-state index contributed by atoms with van der Waals surface area (Å²) in [7, 11) is 0. The second-order valence-electron chi connectivity index (χ2n) is 6.71. The summed E-state index contributed by atoms with van der Waals surface area (Å²) in [6.45, 7) is 2.14. The van der Waals surface area contributed by atoms with Gasteiger partial charge in [0.1, 0.15) is 0 Å². The number of unbranched alkanes of at least 4 members (excludes halogenated alkanes) is 1. The normalized spacial score (nSPS) is 14.7. The molecule has 0 saturated carbocycles. The number of carboxylic acids is 1. The lowest BCUT2D eigenvalue weighted by molar-refractivity contribution is 0.0696. The monoisotopic (exact) mass is 486 g/mol. The highest BCUT2D eigenvalue weighted by atomic mass is 79.9. The maximum atomic E-state index is 11.2. The van der Waals surface area contributed by atoms with Crippen molar-refractivity contribution in [1.29, 1.82) is 0 Å². The molecule has 9 heteroatoms. The third-order valence-electron chi connectivity index (χ3n) is 4.58. The number of carbonyl (C=O) groups is 1. The number of aromatic carboxylic acids is 1. The Morgan fingerprint density at radius 2 is 2.03 bits per heavy atom. The van der Waals surface area contributed by atoms with Crippen molar-refractivity contribution in [3.8, 4) is 17.1 Å². The highest BCUT2D eigenvalue weighted by Gasteiger charge is 2.26. The number of ether oxygens (including phenoxy) is 1. The van der Waals surface area contributed by atoms with Crippen LogP contribution in [0, 0.1) is 0 Å². The predicted molar refractivity (Wildman–Crippen MR) is 119 cm³/mol. The molecule has 1 unspecified atom stereocenters. The summed E-state index contributed by atoms with van der Waals surface area (Å²) in [4.78, 5) is 15.8. The predicted octanol–water partition coefficient (Wildman–Crippen LogP) is 5.39. The Morgan fingerprint density at radius 3 is 2.77 bits per heavy atom. The Kier molecular flexibility index (Phi) is 6.19. The van der Waals surface area contributed by atoms with E-state index in [1.165, 1.54) is 0 Å². The number of hydrogen-bond donors (Lipinski definition) is 2. The fraction of sp³-hybridized carbons (Fsp3) is 0.238. The van der Waals surface area contributed by atoms with Gasteiger partial charge in [0.2, 0.25) is 11.0 Å². The van der Waals surface area contributed by atoms with E-state index in [1.54, 1.807) is 36.0 Å². The Hall–Kier alpha value is -2.65. The number of halogens is 1. The first-order chi connectivity index (χ1) is 14.5. The van der Waals surface area contributed by atoms with E-state index in [0.29, 0.717) is 16.7 Å². The molecule has 1 aromatic heterocycles. The number of anilines is 1. The molecule has 0 saturated heterocycles. The first-order valence-corrected chi connectivity index (χ1v) is 11.3. The molecular formula is C21H19BrN4O3S. The summed E-state index contributed by atoms with van der Waals surface area (Å²) in [5.41, 5.74) is 3.21. The number of hydrogen-bond acceptors (Lipinski definition) is 7. The van der Waals surface area contributed by atoms with Crippen molar-refractivity contribution >= 4 is 39.3 Å². The standard InChI is InChI=1S/C21H19BrN4O3S/c1-2-3-10-30-21-24-19-17(25-26-21)15-11-14(22)8-9-16(15)23-18(29-19)12-4-6-13(7-5-12)20(27)28/h4-9,11,18,23H,2-3,10H2,1H3,(H,27,28). The Morgan fingerprint density at radius 1 is 1.23 bits per heavy atom. The van der Waals surface area contributed by atoms with Crippen LogP contribution >= 0.6 is 27.7 Å². The van der Waals surface area contributed by atoms with Crippen LogP contribution in [-0.4, -0.2) is 32.0 Å². The highest BCUT2D eigenvalue weighted by molar-refractivity contribution is 9.10. The van der Waals surface area contributed by atoms with Crippen molar-refractivity contribution in [2.24, 2.45) is 0 Å². The molecule has 30 heavy (non-hydrogen) atoms. The zero-order valence-electron chi connectivity index (χ0n) is 16.1. The van der Waals surface area contributed by atoms with E-state index in [1.807, 2.05) is 18.2 Å². The molecule has 1 aliphatic heterocycles. The van der Waals surface area contributed by atoms with Crippen molar-refractivity contribution in [3.05, 3.63) is 58.1 Å². The molecule has 2 heterocycles. The van der Waals surface area contributed by atoms with E-state index >= 15 is 0 Å². The summed E-state index contributed by atoms with van der Waals surface area (Å²) in [6.07, 6.45) is 1.61. The smallest absolute Gasteiger partial charge is 0.335 e. The van der Waals surface area contributed by atoms with Crippen molar-refractivity contribution in [1.82, 2.24) is 15.2 Å². The first-order valence-electron chi connectivity index (χ1n) is 9.49. The van der Waals surface area contributed by atoms with E-state index in [4.69, 9.17) is 9.84 Å². The fourth-order valence-corrected chi connectivity index (χ4v) is 4.21. The number of rotatable bonds is 6.